The van der Waals surface area contributed by atoms with Crippen molar-refractivity contribution in [1.29, 1.82) is 0 Å². The van der Waals surface area contributed by atoms with Gasteiger partial charge in [0.05, 0.1) is 46.4 Å². The van der Waals surface area contributed by atoms with E-state index in [9.17, 15) is 10.2 Å². The largest absolute Gasteiger partial charge is 0.394 e. The van der Waals surface area contributed by atoms with Gasteiger partial charge >= 0.3 is 0 Å². The number of anilines is 3. The van der Waals surface area contributed by atoms with Gasteiger partial charge in [-0.15, -0.1) is 0 Å². The number of rotatable bonds is 6. The van der Waals surface area contributed by atoms with E-state index in [2.05, 4.69) is 25.3 Å². The van der Waals surface area contributed by atoms with Crippen molar-refractivity contribution in [3.8, 4) is 11.4 Å². The monoisotopic (exact) mass is 499 g/mol. The van der Waals surface area contributed by atoms with Crippen molar-refractivity contribution >= 4 is 51.8 Å². The lowest BCUT2D eigenvalue weighted by Crippen LogP contribution is -2.41. The summed E-state index contributed by atoms with van der Waals surface area (Å²) in [5.74, 6) is 2.03. The van der Waals surface area contributed by atoms with Crippen LogP contribution in [0.1, 0.15) is 18.5 Å². The van der Waals surface area contributed by atoms with Gasteiger partial charge in [-0.2, -0.15) is 4.98 Å². The van der Waals surface area contributed by atoms with Crippen molar-refractivity contribution in [1.82, 2.24) is 24.9 Å². The molecular weight excluding hydrogens is 477 g/mol. The Morgan fingerprint density at radius 2 is 1.76 bits per heavy atom. The number of aryl methyl sites for hydroxylation is 1. The van der Waals surface area contributed by atoms with Gasteiger partial charge in [0.25, 0.3) is 0 Å². The van der Waals surface area contributed by atoms with Crippen molar-refractivity contribution < 1.29 is 10.2 Å². The number of fused-ring (bicyclic) bond motifs is 1. The summed E-state index contributed by atoms with van der Waals surface area (Å²) in [5, 5.41) is 23.8. The van der Waals surface area contributed by atoms with E-state index in [-0.39, 0.29) is 25.3 Å². The molecule has 1 saturated heterocycles. The zero-order chi connectivity index (χ0) is 23.8. The summed E-state index contributed by atoms with van der Waals surface area (Å²) >= 11 is 12.7. The Balaban J connectivity index is 1.52. The number of aliphatic hydroxyl groups is 2. The number of pyridine rings is 1. The highest BCUT2D eigenvalue weighted by molar-refractivity contribution is 6.39. The molecule has 0 spiro atoms. The normalized spacial score (nSPS) is 18.1. The lowest BCUT2D eigenvalue weighted by Gasteiger charge is -2.29. The Morgan fingerprint density at radius 3 is 2.44 bits per heavy atom. The minimum atomic E-state index is -0.136. The zero-order valence-corrected chi connectivity index (χ0v) is 19.8. The summed E-state index contributed by atoms with van der Waals surface area (Å²) in [6.07, 6.45) is 3.20. The Morgan fingerprint density at radius 1 is 1.06 bits per heavy atom. The number of nitrogens with one attached hydrogen (secondary N) is 2. The standard InChI is InChI=1S/C23H23Cl2N7O2/c1-12-9-18(30-23(27-12)32-13(10-33)5-6-14(32)11-34)29-22-20-17(7-8-26-22)28-21(31-20)19-15(24)3-2-4-16(19)25/h2-4,7-9,13-14,33-34H,5-6,10-11H2,1H3,(H,28,31)(H,26,27,29,30). The van der Waals surface area contributed by atoms with Gasteiger partial charge in [-0.3, -0.25) is 0 Å². The summed E-state index contributed by atoms with van der Waals surface area (Å²) in [6, 6.07) is 8.65. The molecule has 1 aliphatic rings. The molecule has 0 radical (unpaired) electrons. The van der Waals surface area contributed by atoms with E-state index in [1.165, 1.54) is 0 Å². The van der Waals surface area contributed by atoms with Crippen molar-refractivity contribution in [2.75, 3.05) is 23.4 Å². The van der Waals surface area contributed by atoms with Crippen LogP contribution in [0.5, 0.6) is 0 Å². The Labute approximate surface area is 205 Å². The molecule has 4 aromatic rings. The van der Waals surface area contributed by atoms with Gasteiger partial charge in [0.1, 0.15) is 17.2 Å². The molecule has 2 unspecified atom stereocenters. The molecule has 34 heavy (non-hydrogen) atoms. The van der Waals surface area contributed by atoms with Crippen LogP contribution < -0.4 is 10.2 Å². The average molecular weight is 500 g/mol. The Bertz CT molecular complexity index is 1310. The summed E-state index contributed by atoms with van der Waals surface area (Å²) < 4.78 is 0. The number of nitrogens with zero attached hydrogens (tertiary/aromatic N) is 5. The minimum absolute atomic E-state index is 0.0297. The SMILES string of the molecule is Cc1cc(Nc2nccc3[nH]c(-c4c(Cl)cccc4Cl)nc23)nc(N2C(CO)CCC2CO)n1. The van der Waals surface area contributed by atoms with Crippen molar-refractivity contribution in [2.45, 2.75) is 31.8 Å². The first-order chi connectivity index (χ1) is 16.5. The molecule has 2 atom stereocenters. The van der Waals surface area contributed by atoms with Gasteiger partial charge in [0.2, 0.25) is 5.95 Å². The zero-order valence-electron chi connectivity index (χ0n) is 18.3. The third kappa shape index (κ3) is 4.16. The molecule has 0 bridgehead atoms. The molecule has 5 rings (SSSR count). The van der Waals surface area contributed by atoms with Gasteiger partial charge < -0.3 is 25.4 Å². The molecule has 3 aromatic heterocycles. The second-order valence-electron chi connectivity index (χ2n) is 8.21. The van der Waals surface area contributed by atoms with Gasteiger partial charge in [-0.1, -0.05) is 29.3 Å². The molecule has 4 heterocycles. The average Bonchev–Trinajstić information content (AvgIpc) is 3.43. The number of benzene rings is 1. The fraction of sp³-hybridized carbons (Fsp3) is 0.304. The first kappa shape index (κ1) is 22.8. The predicted octanol–water partition coefficient (Wildman–Crippen LogP) is 4.10. The highest BCUT2D eigenvalue weighted by Crippen LogP contribution is 2.35. The van der Waals surface area contributed by atoms with Crippen molar-refractivity contribution in [2.24, 2.45) is 0 Å². The molecule has 0 amide bonds. The van der Waals surface area contributed by atoms with Crippen LogP contribution in [0.25, 0.3) is 22.4 Å². The lowest BCUT2D eigenvalue weighted by molar-refractivity contribution is 0.247. The third-order valence-electron chi connectivity index (χ3n) is 5.96. The predicted molar refractivity (Wildman–Crippen MR) is 133 cm³/mol. The fourth-order valence-corrected chi connectivity index (χ4v) is 4.95. The quantitative estimate of drug-likeness (QED) is 0.312. The van der Waals surface area contributed by atoms with Crippen LogP contribution in [0.4, 0.5) is 17.6 Å². The lowest BCUT2D eigenvalue weighted by atomic mass is 10.2. The second-order valence-corrected chi connectivity index (χ2v) is 9.03. The van der Waals surface area contributed by atoms with E-state index in [1.807, 2.05) is 17.9 Å². The van der Waals surface area contributed by atoms with E-state index >= 15 is 0 Å². The van der Waals surface area contributed by atoms with E-state index in [0.717, 1.165) is 24.1 Å². The maximum absolute atomic E-state index is 9.80. The molecule has 4 N–H and O–H groups in total. The molecule has 176 valence electrons. The number of hydrogen-bond acceptors (Lipinski definition) is 8. The molecule has 1 aliphatic heterocycles. The first-order valence-corrected chi connectivity index (χ1v) is 11.7. The third-order valence-corrected chi connectivity index (χ3v) is 6.59. The van der Waals surface area contributed by atoms with Crippen LogP contribution in [0.2, 0.25) is 10.0 Å². The van der Waals surface area contributed by atoms with Gasteiger partial charge in [-0.05, 0) is 38.0 Å². The number of imidazole rings is 1. The van der Waals surface area contributed by atoms with E-state index in [4.69, 9.17) is 28.2 Å². The van der Waals surface area contributed by atoms with Crippen LogP contribution >= 0.6 is 23.2 Å². The van der Waals surface area contributed by atoms with Crippen LogP contribution in [0.15, 0.2) is 36.5 Å². The summed E-state index contributed by atoms with van der Waals surface area (Å²) in [7, 11) is 0. The van der Waals surface area contributed by atoms with Crippen LogP contribution in [0.3, 0.4) is 0 Å². The molecule has 0 aliphatic carbocycles. The highest BCUT2D eigenvalue weighted by Gasteiger charge is 2.34. The van der Waals surface area contributed by atoms with Crippen LogP contribution in [-0.4, -0.2) is 60.4 Å². The molecule has 1 aromatic carbocycles. The van der Waals surface area contributed by atoms with E-state index in [1.54, 1.807) is 30.5 Å². The van der Waals surface area contributed by atoms with E-state index in [0.29, 0.717) is 44.5 Å². The molecule has 9 nitrogen and oxygen atoms in total. The fourth-order valence-electron chi connectivity index (χ4n) is 4.37. The molecular formula is C23H23Cl2N7O2. The topological polar surface area (TPSA) is 123 Å². The minimum Gasteiger partial charge on any atom is -0.394 e. The van der Waals surface area contributed by atoms with E-state index < -0.39 is 0 Å². The van der Waals surface area contributed by atoms with Crippen LogP contribution in [0, 0.1) is 6.92 Å². The number of aliphatic hydroxyl groups excluding tert-OH is 2. The summed E-state index contributed by atoms with van der Waals surface area (Å²) in [6.45, 7) is 1.81. The van der Waals surface area contributed by atoms with Crippen molar-refractivity contribution in [3.63, 3.8) is 0 Å². The second kappa shape index (κ2) is 9.34. The maximum atomic E-state index is 9.80. The van der Waals surface area contributed by atoms with Gasteiger partial charge in [0, 0.05) is 18.0 Å². The Hall–Kier alpha value is -2.98. The molecule has 1 fully saturated rings. The first-order valence-electron chi connectivity index (χ1n) is 10.9. The van der Waals surface area contributed by atoms with Crippen LogP contribution in [-0.2, 0) is 0 Å². The van der Waals surface area contributed by atoms with Gasteiger partial charge in [0.15, 0.2) is 5.82 Å². The number of aromatic amines is 1. The summed E-state index contributed by atoms with van der Waals surface area (Å²) in [4.78, 5) is 23.6. The van der Waals surface area contributed by atoms with Crippen molar-refractivity contribution in [3.05, 3.63) is 52.3 Å². The molecule has 11 heteroatoms. The number of halogens is 2. The Kier molecular flexibility index (Phi) is 6.26. The molecule has 0 saturated carbocycles. The number of H-pyrrole nitrogens is 1. The smallest absolute Gasteiger partial charge is 0.228 e. The summed E-state index contributed by atoms with van der Waals surface area (Å²) in [5.41, 5.74) is 2.72. The number of aromatic nitrogens is 5. The highest BCUT2D eigenvalue weighted by atomic mass is 35.5. The van der Waals surface area contributed by atoms with Gasteiger partial charge in [-0.25, -0.2) is 15.0 Å². The number of hydrogen-bond donors (Lipinski definition) is 4. The maximum Gasteiger partial charge on any atom is 0.228 e.